The molecule has 0 saturated heterocycles. The summed E-state index contributed by atoms with van der Waals surface area (Å²) < 4.78 is 11.2. The second-order valence-corrected chi connectivity index (χ2v) is 8.79. The second-order valence-electron chi connectivity index (χ2n) is 6.73. The molecule has 0 unspecified atom stereocenters. The van der Waals surface area contributed by atoms with Gasteiger partial charge in [-0.2, -0.15) is 0 Å². The fourth-order valence-electron chi connectivity index (χ4n) is 3.13. The molecule has 0 bridgehead atoms. The first-order valence-corrected chi connectivity index (χ1v) is 10.9. The zero-order valence-corrected chi connectivity index (χ0v) is 18.8. The lowest BCUT2D eigenvalue weighted by atomic mass is 10.1. The summed E-state index contributed by atoms with van der Waals surface area (Å²) in [5.41, 5.74) is 1.68. The van der Waals surface area contributed by atoms with Crippen molar-refractivity contribution in [3.63, 3.8) is 0 Å². The van der Waals surface area contributed by atoms with Gasteiger partial charge in [-0.3, -0.25) is 10.2 Å². The number of thiophene rings is 1. The van der Waals surface area contributed by atoms with Gasteiger partial charge >= 0.3 is 5.97 Å². The number of esters is 1. The summed E-state index contributed by atoms with van der Waals surface area (Å²) in [7, 11) is 1.30. The summed E-state index contributed by atoms with van der Waals surface area (Å²) in [4.78, 5) is 26.1. The van der Waals surface area contributed by atoms with Crippen LogP contribution < -0.4 is 10.9 Å². The molecule has 0 aliphatic carbocycles. The lowest BCUT2D eigenvalue weighted by Gasteiger charge is -2.06. The van der Waals surface area contributed by atoms with Gasteiger partial charge in [-0.05, 0) is 35.9 Å². The van der Waals surface area contributed by atoms with Crippen molar-refractivity contribution in [3.8, 4) is 0 Å². The zero-order valence-electron chi connectivity index (χ0n) is 16.4. The number of amides is 1. The van der Waals surface area contributed by atoms with Crippen molar-refractivity contribution in [1.29, 1.82) is 5.41 Å². The maximum absolute atomic E-state index is 12.9. The molecule has 2 aromatic heterocycles. The minimum absolute atomic E-state index is 0.0689. The van der Waals surface area contributed by atoms with Crippen LogP contribution in [0.3, 0.4) is 0 Å². The number of carbonyl (C=O) groups is 2. The Morgan fingerprint density at radius 1 is 1.10 bits per heavy atom. The van der Waals surface area contributed by atoms with Crippen molar-refractivity contribution in [2.45, 2.75) is 6.42 Å². The van der Waals surface area contributed by atoms with Crippen LogP contribution in [-0.2, 0) is 11.2 Å². The fourth-order valence-corrected chi connectivity index (χ4v) is 4.58. The summed E-state index contributed by atoms with van der Waals surface area (Å²) in [6.07, 6.45) is 0.619. The number of nitrogens with one attached hydrogen (secondary N) is 2. The van der Waals surface area contributed by atoms with E-state index in [1.807, 2.05) is 30.3 Å². The molecule has 0 spiro atoms. The molecule has 2 aromatic carbocycles. The van der Waals surface area contributed by atoms with Crippen LogP contribution in [0.25, 0.3) is 11.0 Å². The quantitative estimate of drug-likeness (QED) is 0.363. The molecule has 2 heterocycles. The molecule has 0 radical (unpaired) electrons. The third-order valence-corrected chi connectivity index (χ3v) is 6.15. The number of benzene rings is 2. The van der Waals surface area contributed by atoms with Crippen LogP contribution in [0.1, 0.15) is 31.2 Å². The van der Waals surface area contributed by atoms with Gasteiger partial charge in [0.15, 0.2) is 0 Å². The first-order valence-electron chi connectivity index (χ1n) is 9.29. The van der Waals surface area contributed by atoms with Gasteiger partial charge in [0, 0.05) is 21.2 Å². The molecule has 0 saturated carbocycles. The summed E-state index contributed by atoms with van der Waals surface area (Å²) in [5, 5.41) is 11.9. The van der Waals surface area contributed by atoms with E-state index in [0.717, 1.165) is 14.9 Å². The Balaban J connectivity index is 1.67. The third-order valence-electron chi connectivity index (χ3n) is 4.61. The number of fused-ring (bicyclic) bond motifs is 1. The molecule has 0 aliphatic rings. The number of rotatable bonds is 5. The Bertz CT molecular complexity index is 1340. The van der Waals surface area contributed by atoms with Crippen molar-refractivity contribution in [1.82, 2.24) is 0 Å². The Hall–Kier alpha value is -3.23. The number of ether oxygens (including phenoxy) is 1. The zero-order chi connectivity index (χ0) is 22.0. The number of carbonyl (C=O) groups excluding carboxylic acids is 2. The molecule has 6 nitrogen and oxygen atoms in total. The van der Waals surface area contributed by atoms with E-state index in [9.17, 15) is 9.59 Å². The standard InChI is InChI=1S/C23H17BrN2O4S/c1-29-23(28)18-12-16(9-13-5-3-2-4-6-13)31-22(18)26-21(27)17-11-14-10-15(24)7-8-19(14)30-20(17)25/h2-8,10-12,25H,9H2,1H3,(H,26,27). The van der Waals surface area contributed by atoms with Gasteiger partial charge in [0.25, 0.3) is 5.91 Å². The third kappa shape index (κ3) is 4.60. The minimum atomic E-state index is -0.538. The molecule has 0 atom stereocenters. The maximum atomic E-state index is 12.9. The maximum Gasteiger partial charge on any atom is 0.340 e. The number of halogens is 1. The van der Waals surface area contributed by atoms with E-state index < -0.39 is 11.9 Å². The van der Waals surface area contributed by atoms with Crippen molar-refractivity contribution in [2.75, 3.05) is 12.4 Å². The highest BCUT2D eigenvalue weighted by Gasteiger charge is 2.21. The molecule has 31 heavy (non-hydrogen) atoms. The minimum Gasteiger partial charge on any atom is -0.465 e. The predicted octanol–water partition coefficient (Wildman–Crippen LogP) is 5.37. The average molecular weight is 497 g/mol. The first kappa shape index (κ1) is 21.0. The van der Waals surface area contributed by atoms with E-state index in [1.165, 1.54) is 18.4 Å². The smallest absolute Gasteiger partial charge is 0.340 e. The SMILES string of the molecule is COC(=O)c1cc(Cc2ccccc2)sc1NC(=O)c1cc2cc(Br)ccc2oc1=N. The predicted molar refractivity (Wildman–Crippen MR) is 123 cm³/mol. The van der Waals surface area contributed by atoms with Crippen LogP contribution in [0.5, 0.6) is 0 Å². The van der Waals surface area contributed by atoms with Gasteiger partial charge in [-0.25, -0.2) is 4.79 Å². The fraction of sp³-hybridized carbons (Fsp3) is 0.0870. The number of anilines is 1. The lowest BCUT2D eigenvalue weighted by molar-refractivity contribution is 0.0602. The molecule has 4 aromatic rings. The van der Waals surface area contributed by atoms with Crippen molar-refractivity contribution >= 4 is 55.1 Å². The van der Waals surface area contributed by atoms with E-state index in [1.54, 1.807) is 30.3 Å². The van der Waals surface area contributed by atoms with Crippen molar-refractivity contribution in [3.05, 3.63) is 92.3 Å². The van der Waals surface area contributed by atoms with Gasteiger partial charge in [0.1, 0.15) is 16.1 Å². The Labute approximate surface area is 190 Å². The van der Waals surface area contributed by atoms with Crippen LogP contribution in [0, 0.1) is 5.41 Å². The molecule has 8 heteroatoms. The van der Waals surface area contributed by atoms with Crippen LogP contribution >= 0.6 is 27.3 Å². The summed E-state index contributed by atoms with van der Waals surface area (Å²) >= 11 is 4.69. The van der Waals surface area contributed by atoms with Crippen LogP contribution in [-0.4, -0.2) is 19.0 Å². The largest absolute Gasteiger partial charge is 0.465 e. The molecule has 0 aliphatic heterocycles. The molecule has 4 rings (SSSR count). The molecular weight excluding hydrogens is 480 g/mol. The molecule has 1 amide bonds. The summed E-state index contributed by atoms with van der Waals surface area (Å²) in [5.74, 6) is -1.07. The normalized spacial score (nSPS) is 10.8. The van der Waals surface area contributed by atoms with Crippen LogP contribution in [0.2, 0.25) is 0 Å². The number of methoxy groups -OCH3 is 1. The second kappa shape index (κ2) is 8.87. The Morgan fingerprint density at radius 3 is 2.61 bits per heavy atom. The van der Waals surface area contributed by atoms with E-state index in [-0.39, 0.29) is 16.7 Å². The van der Waals surface area contributed by atoms with E-state index >= 15 is 0 Å². The van der Waals surface area contributed by atoms with E-state index in [2.05, 4.69) is 21.2 Å². The van der Waals surface area contributed by atoms with Crippen molar-refractivity contribution in [2.24, 2.45) is 0 Å². The number of hydrogen-bond acceptors (Lipinski definition) is 6. The summed E-state index contributed by atoms with van der Waals surface area (Å²) in [6, 6.07) is 18.5. The van der Waals surface area contributed by atoms with E-state index in [0.29, 0.717) is 22.4 Å². The van der Waals surface area contributed by atoms with Crippen LogP contribution in [0.4, 0.5) is 5.00 Å². The first-order chi connectivity index (χ1) is 14.9. The lowest BCUT2D eigenvalue weighted by Crippen LogP contribution is -2.21. The Morgan fingerprint density at radius 2 is 1.87 bits per heavy atom. The van der Waals surface area contributed by atoms with Gasteiger partial charge in [0.05, 0.1) is 12.7 Å². The van der Waals surface area contributed by atoms with Gasteiger partial charge in [-0.15, -0.1) is 11.3 Å². The average Bonchev–Trinajstić information content (AvgIpc) is 3.15. The summed E-state index contributed by atoms with van der Waals surface area (Å²) in [6.45, 7) is 0. The topological polar surface area (TPSA) is 92.4 Å². The molecular formula is C23H17BrN2O4S. The number of hydrogen-bond donors (Lipinski definition) is 2. The van der Waals surface area contributed by atoms with E-state index in [4.69, 9.17) is 14.6 Å². The van der Waals surface area contributed by atoms with Gasteiger partial charge in [-0.1, -0.05) is 46.3 Å². The highest BCUT2D eigenvalue weighted by Crippen LogP contribution is 2.31. The monoisotopic (exact) mass is 496 g/mol. The van der Waals surface area contributed by atoms with Crippen LogP contribution in [0.15, 0.2) is 69.6 Å². The highest BCUT2D eigenvalue weighted by molar-refractivity contribution is 9.10. The van der Waals surface area contributed by atoms with Gasteiger partial charge in [0.2, 0.25) is 5.55 Å². The van der Waals surface area contributed by atoms with Gasteiger partial charge < -0.3 is 14.5 Å². The molecule has 156 valence electrons. The molecule has 2 N–H and O–H groups in total. The highest BCUT2D eigenvalue weighted by atomic mass is 79.9. The Kier molecular flexibility index (Phi) is 6.01. The van der Waals surface area contributed by atoms with Crippen molar-refractivity contribution < 1.29 is 18.7 Å². The molecule has 0 fully saturated rings.